The number of amides is 1. The maximum atomic E-state index is 12.0. The summed E-state index contributed by atoms with van der Waals surface area (Å²) in [6, 6.07) is 17.1. The zero-order valence-electron chi connectivity index (χ0n) is 17.9. The second-order valence-electron chi connectivity index (χ2n) is 7.29. The molecule has 0 fully saturated rings. The first kappa shape index (κ1) is 23.5. The molecule has 1 N–H and O–H groups in total. The van der Waals surface area contributed by atoms with Crippen molar-refractivity contribution in [1.82, 2.24) is 0 Å². The van der Waals surface area contributed by atoms with Crippen LogP contribution in [-0.2, 0) is 20.7 Å². The summed E-state index contributed by atoms with van der Waals surface area (Å²) >= 11 is 0. The van der Waals surface area contributed by atoms with Gasteiger partial charge in [0, 0.05) is 18.5 Å². The van der Waals surface area contributed by atoms with Crippen LogP contribution in [0.15, 0.2) is 54.6 Å². The molecule has 0 aromatic heterocycles. The Morgan fingerprint density at radius 1 is 0.833 bits per heavy atom. The van der Waals surface area contributed by atoms with Crippen LogP contribution in [0.1, 0.15) is 57.4 Å². The second kappa shape index (κ2) is 14.2. The van der Waals surface area contributed by atoms with Crippen LogP contribution in [0, 0.1) is 0 Å². The zero-order chi connectivity index (χ0) is 21.4. The Hall–Kier alpha value is -2.82. The second-order valence-corrected chi connectivity index (χ2v) is 7.29. The van der Waals surface area contributed by atoms with Crippen molar-refractivity contribution in [2.75, 3.05) is 18.5 Å². The maximum absolute atomic E-state index is 12.0. The van der Waals surface area contributed by atoms with E-state index in [1.807, 2.05) is 54.6 Å². The van der Waals surface area contributed by atoms with Gasteiger partial charge in [-0.1, -0.05) is 62.9 Å². The van der Waals surface area contributed by atoms with Gasteiger partial charge in [-0.15, -0.1) is 0 Å². The molecule has 5 nitrogen and oxygen atoms in total. The summed E-state index contributed by atoms with van der Waals surface area (Å²) in [7, 11) is 0. The Morgan fingerprint density at radius 3 is 2.30 bits per heavy atom. The fourth-order valence-electron chi connectivity index (χ4n) is 2.97. The van der Waals surface area contributed by atoms with E-state index in [0.29, 0.717) is 25.3 Å². The topological polar surface area (TPSA) is 64.6 Å². The summed E-state index contributed by atoms with van der Waals surface area (Å²) in [5, 5.41) is 2.79. The smallest absolute Gasteiger partial charge is 0.306 e. The van der Waals surface area contributed by atoms with E-state index in [2.05, 4.69) is 12.2 Å². The highest BCUT2D eigenvalue weighted by molar-refractivity contribution is 5.92. The lowest BCUT2D eigenvalue weighted by molar-refractivity contribution is -0.144. The average Bonchev–Trinajstić information content (AvgIpc) is 2.76. The maximum Gasteiger partial charge on any atom is 0.306 e. The normalized spacial score (nSPS) is 10.4. The lowest BCUT2D eigenvalue weighted by Gasteiger charge is -2.09. The molecule has 0 aliphatic rings. The molecule has 0 aliphatic heterocycles. The molecule has 0 atom stereocenters. The lowest BCUT2D eigenvalue weighted by atomic mass is 10.2. The van der Waals surface area contributed by atoms with E-state index in [4.69, 9.17) is 9.47 Å². The Balaban J connectivity index is 1.58. The number of esters is 1. The molecule has 0 heterocycles. The van der Waals surface area contributed by atoms with Crippen LogP contribution in [0.25, 0.3) is 0 Å². The number of anilines is 1. The minimum absolute atomic E-state index is 0.0693. The van der Waals surface area contributed by atoms with Crippen LogP contribution in [0.2, 0.25) is 0 Å². The minimum atomic E-state index is -0.358. The van der Waals surface area contributed by atoms with Gasteiger partial charge >= 0.3 is 5.97 Å². The third kappa shape index (κ3) is 10.1. The molecular formula is C25H33NO4. The van der Waals surface area contributed by atoms with E-state index >= 15 is 0 Å². The van der Waals surface area contributed by atoms with E-state index in [1.54, 1.807) is 0 Å². The number of benzene rings is 2. The van der Waals surface area contributed by atoms with Gasteiger partial charge in [0.25, 0.3) is 0 Å². The average molecular weight is 412 g/mol. The van der Waals surface area contributed by atoms with Crippen molar-refractivity contribution in [2.24, 2.45) is 0 Å². The number of rotatable bonds is 14. The van der Waals surface area contributed by atoms with E-state index < -0.39 is 0 Å². The van der Waals surface area contributed by atoms with Gasteiger partial charge in [-0.25, -0.2) is 0 Å². The Bertz CT molecular complexity index is 744. The van der Waals surface area contributed by atoms with Gasteiger partial charge in [-0.2, -0.15) is 0 Å². The molecule has 30 heavy (non-hydrogen) atoms. The van der Waals surface area contributed by atoms with Gasteiger partial charge in [-0.3, -0.25) is 9.59 Å². The third-order valence-electron chi connectivity index (χ3n) is 4.71. The molecular weight excluding hydrogens is 378 g/mol. The zero-order valence-corrected chi connectivity index (χ0v) is 17.9. The van der Waals surface area contributed by atoms with Crippen molar-refractivity contribution in [3.63, 3.8) is 0 Å². The summed E-state index contributed by atoms with van der Waals surface area (Å²) in [6.45, 7) is 3.24. The number of nitrogens with one attached hydrogen (secondary N) is 1. The van der Waals surface area contributed by atoms with Crippen molar-refractivity contribution in [3.05, 3.63) is 60.2 Å². The quantitative estimate of drug-likeness (QED) is 0.327. The van der Waals surface area contributed by atoms with Crippen LogP contribution >= 0.6 is 0 Å². The van der Waals surface area contributed by atoms with Crippen molar-refractivity contribution >= 4 is 17.6 Å². The first-order valence-corrected chi connectivity index (χ1v) is 10.9. The summed E-state index contributed by atoms with van der Waals surface area (Å²) < 4.78 is 10.9. The molecule has 2 rings (SSSR count). The van der Waals surface area contributed by atoms with Gasteiger partial charge in [0.1, 0.15) is 5.75 Å². The van der Waals surface area contributed by atoms with Crippen LogP contribution < -0.4 is 10.1 Å². The monoisotopic (exact) mass is 411 g/mol. The van der Waals surface area contributed by atoms with Crippen LogP contribution in [0.5, 0.6) is 5.75 Å². The van der Waals surface area contributed by atoms with Crippen molar-refractivity contribution in [1.29, 1.82) is 0 Å². The molecule has 2 aromatic carbocycles. The van der Waals surface area contributed by atoms with Crippen molar-refractivity contribution < 1.29 is 19.1 Å². The van der Waals surface area contributed by atoms with Gasteiger partial charge < -0.3 is 14.8 Å². The number of unbranched alkanes of at least 4 members (excludes halogenated alkanes) is 4. The first-order chi connectivity index (χ1) is 14.7. The van der Waals surface area contributed by atoms with E-state index in [0.717, 1.165) is 17.7 Å². The van der Waals surface area contributed by atoms with Gasteiger partial charge in [0.05, 0.1) is 19.6 Å². The Labute approximate surface area is 179 Å². The fourth-order valence-corrected chi connectivity index (χ4v) is 2.97. The predicted molar refractivity (Wildman–Crippen MR) is 120 cm³/mol. The van der Waals surface area contributed by atoms with E-state index in [9.17, 15) is 9.59 Å². The van der Waals surface area contributed by atoms with Crippen LogP contribution in [0.3, 0.4) is 0 Å². The highest BCUT2D eigenvalue weighted by Crippen LogP contribution is 2.16. The molecule has 0 saturated carbocycles. The highest BCUT2D eigenvalue weighted by atomic mass is 16.5. The molecule has 5 heteroatoms. The molecule has 0 spiro atoms. The van der Waals surface area contributed by atoms with Gasteiger partial charge in [0.2, 0.25) is 5.91 Å². The molecule has 162 valence electrons. The first-order valence-electron chi connectivity index (χ1n) is 10.9. The predicted octanol–water partition coefficient (Wildman–Crippen LogP) is 5.54. The SMILES string of the molecule is CCCCCCCOc1ccc(NC(=O)CCC(=O)OCCc2ccccc2)cc1. The molecule has 2 aromatic rings. The lowest BCUT2D eigenvalue weighted by Crippen LogP contribution is -2.15. The van der Waals surface area contributed by atoms with Gasteiger partial charge in [-0.05, 0) is 36.2 Å². The van der Waals surface area contributed by atoms with Gasteiger partial charge in [0.15, 0.2) is 0 Å². The van der Waals surface area contributed by atoms with E-state index in [-0.39, 0.29) is 24.7 Å². The number of carbonyl (C=O) groups is 2. The molecule has 0 aliphatic carbocycles. The number of hydrogen-bond acceptors (Lipinski definition) is 4. The molecule has 0 unspecified atom stereocenters. The highest BCUT2D eigenvalue weighted by Gasteiger charge is 2.09. The van der Waals surface area contributed by atoms with Crippen LogP contribution in [-0.4, -0.2) is 25.1 Å². The fraction of sp³-hybridized carbons (Fsp3) is 0.440. The summed E-state index contributed by atoms with van der Waals surface area (Å²) in [4.78, 5) is 23.8. The Kier molecular flexibility index (Phi) is 11.1. The molecule has 0 saturated heterocycles. The minimum Gasteiger partial charge on any atom is -0.494 e. The number of hydrogen-bond donors (Lipinski definition) is 1. The largest absolute Gasteiger partial charge is 0.494 e. The summed E-state index contributed by atoms with van der Waals surface area (Å²) in [6.07, 6.45) is 6.86. The standard InChI is InChI=1S/C25H33NO4/c1-2-3-4-5-9-19-29-23-14-12-22(13-15-23)26-24(27)16-17-25(28)30-20-18-21-10-7-6-8-11-21/h6-8,10-15H,2-5,9,16-20H2,1H3,(H,26,27). The molecule has 0 radical (unpaired) electrons. The molecule has 1 amide bonds. The van der Waals surface area contributed by atoms with Crippen molar-refractivity contribution in [2.45, 2.75) is 58.3 Å². The number of ether oxygens (including phenoxy) is 2. The van der Waals surface area contributed by atoms with Crippen molar-refractivity contribution in [3.8, 4) is 5.75 Å². The van der Waals surface area contributed by atoms with E-state index in [1.165, 1.54) is 25.7 Å². The molecule has 0 bridgehead atoms. The summed E-state index contributed by atoms with van der Waals surface area (Å²) in [5.74, 6) is 0.230. The summed E-state index contributed by atoms with van der Waals surface area (Å²) in [5.41, 5.74) is 1.81. The third-order valence-corrected chi connectivity index (χ3v) is 4.71. The van der Waals surface area contributed by atoms with Crippen LogP contribution in [0.4, 0.5) is 5.69 Å². The Morgan fingerprint density at radius 2 is 1.57 bits per heavy atom. The number of carbonyl (C=O) groups excluding carboxylic acids is 2.